The first-order chi connectivity index (χ1) is 17.2. The first-order valence-corrected chi connectivity index (χ1v) is 14.5. The lowest BCUT2D eigenvalue weighted by molar-refractivity contribution is 0.0730. The SMILES string of the molecule is C/C(=N\NC(=O)c1ccncc1NS(=O)(=O)c1cccs1)c1cccc(S(=O)(=O)N2CCOCC2)c1. The Kier molecular flexibility index (Phi) is 7.80. The average molecular weight is 550 g/mol. The largest absolute Gasteiger partial charge is 0.379 e. The van der Waals surface area contributed by atoms with Crippen molar-refractivity contribution in [2.75, 3.05) is 31.0 Å². The predicted molar refractivity (Wildman–Crippen MR) is 135 cm³/mol. The number of morpholine rings is 1. The van der Waals surface area contributed by atoms with Crippen molar-refractivity contribution in [2.24, 2.45) is 5.10 Å². The molecule has 1 saturated heterocycles. The zero-order chi connectivity index (χ0) is 25.8. The molecule has 0 unspecified atom stereocenters. The molecule has 0 radical (unpaired) electrons. The van der Waals surface area contributed by atoms with Crippen molar-refractivity contribution in [1.82, 2.24) is 14.7 Å². The molecule has 0 atom stereocenters. The fourth-order valence-corrected chi connectivity index (χ4v) is 6.87. The smallest absolute Gasteiger partial charge is 0.273 e. The highest BCUT2D eigenvalue weighted by molar-refractivity contribution is 7.94. The van der Waals surface area contributed by atoms with Gasteiger partial charge < -0.3 is 4.74 Å². The lowest BCUT2D eigenvalue weighted by Gasteiger charge is -2.26. The van der Waals surface area contributed by atoms with Crippen LogP contribution in [-0.4, -0.2) is 64.0 Å². The molecule has 4 rings (SSSR count). The van der Waals surface area contributed by atoms with Crippen LogP contribution in [0.4, 0.5) is 5.69 Å². The number of nitrogens with zero attached hydrogens (tertiary/aromatic N) is 3. The van der Waals surface area contributed by atoms with Gasteiger partial charge in [-0.15, -0.1) is 11.3 Å². The molecule has 1 aliphatic rings. The Morgan fingerprint density at radius 1 is 1.11 bits per heavy atom. The summed E-state index contributed by atoms with van der Waals surface area (Å²) < 4.78 is 60.1. The third-order valence-corrected chi connectivity index (χ3v) is 9.91. The van der Waals surface area contributed by atoms with E-state index >= 15 is 0 Å². The molecule has 0 saturated carbocycles. The van der Waals surface area contributed by atoms with Crippen LogP contribution in [0.2, 0.25) is 0 Å². The molecule has 0 spiro atoms. The fourth-order valence-electron chi connectivity index (χ4n) is 3.36. The summed E-state index contributed by atoms with van der Waals surface area (Å²) in [5.74, 6) is -0.669. The number of hydrogen-bond acceptors (Lipinski definition) is 9. The zero-order valence-electron chi connectivity index (χ0n) is 19.1. The number of amides is 1. The number of ether oxygens (including phenoxy) is 1. The summed E-state index contributed by atoms with van der Waals surface area (Å²) in [6, 6.07) is 10.7. The molecule has 1 aromatic carbocycles. The van der Waals surface area contributed by atoms with Crippen molar-refractivity contribution in [3.05, 3.63) is 71.4 Å². The number of hydrazone groups is 1. The lowest BCUT2D eigenvalue weighted by atomic mass is 10.1. The maximum atomic E-state index is 12.9. The van der Waals surface area contributed by atoms with Gasteiger partial charge in [0.15, 0.2) is 0 Å². The summed E-state index contributed by atoms with van der Waals surface area (Å²) in [4.78, 5) is 16.8. The van der Waals surface area contributed by atoms with E-state index in [2.05, 4.69) is 20.2 Å². The minimum atomic E-state index is -3.88. The van der Waals surface area contributed by atoms with Gasteiger partial charge >= 0.3 is 0 Å². The molecule has 2 N–H and O–H groups in total. The molecule has 3 aromatic rings. The molecule has 11 nitrogen and oxygen atoms in total. The number of sulfonamides is 2. The number of rotatable bonds is 8. The van der Waals surface area contributed by atoms with Gasteiger partial charge in [0.05, 0.1) is 41.3 Å². The number of carbonyl (C=O) groups is 1. The van der Waals surface area contributed by atoms with Crippen molar-refractivity contribution < 1.29 is 26.4 Å². The summed E-state index contributed by atoms with van der Waals surface area (Å²) in [5, 5.41) is 5.72. The van der Waals surface area contributed by atoms with Crippen LogP contribution >= 0.6 is 11.3 Å². The minimum absolute atomic E-state index is 0.00476. The Hall–Kier alpha value is -3.17. The van der Waals surface area contributed by atoms with E-state index in [0.29, 0.717) is 24.5 Å². The normalized spacial score (nSPS) is 15.4. The lowest BCUT2D eigenvalue weighted by Crippen LogP contribution is -2.40. The van der Waals surface area contributed by atoms with E-state index in [-0.39, 0.29) is 33.4 Å². The third-order valence-electron chi connectivity index (χ3n) is 5.25. The van der Waals surface area contributed by atoms with E-state index in [0.717, 1.165) is 11.3 Å². The maximum absolute atomic E-state index is 12.9. The van der Waals surface area contributed by atoms with E-state index in [1.165, 1.54) is 41.0 Å². The molecule has 1 amide bonds. The molecule has 14 heteroatoms. The Morgan fingerprint density at radius 2 is 1.89 bits per heavy atom. The molecule has 2 aromatic heterocycles. The van der Waals surface area contributed by atoms with E-state index in [9.17, 15) is 21.6 Å². The molecule has 1 fully saturated rings. The highest BCUT2D eigenvalue weighted by Gasteiger charge is 2.26. The summed E-state index contributed by atoms with van der Waals surface area (Å²) in [6.07, 6.45) is 2.59. The van der Waals surface area contributed by atoms with Gasteiger partial charge in [0.1, 0.15) is 4.21 Å². The van der Waals surface area contributed by atoms with Crippen LogP contribution in [0.15, 0.2) is 74.4 Å². The van der Waals surface area contributed by atoms with Gasteiger partial charge in [-0.1, -0.05) is 18.2 Å². The van der Waals surface area contributed by atoms with Gasteiger partial charge in [0.2, 0.25) is 10.0 Å². The third kappa shape index (κ3) is 5.79. The van der Waals surface area contributed by atoms with E-state index in [1.54, 1.807) is 30.5 Å². The Balaban J connectivity index is 1.51. The fraction of sp³-hybridized carbons (Fsp3) is 0.227. The number of benzene rings is 1. The number of thiophene rings is 1. The zero-order valence-corrected chi connectivity index (χ0v) is 21.6. The Bertz CT molecular complexity index is 1480. The second-order valence-corrected chi connectivity index (χ2v) is 12.4. The highest BCUT2D eigenvalue weighted by Crippen LogP contribution is 2.22. The quantitative estimate of drug-likeness (QED) is 0.323. The van der Waals surface area contributed by atoms with E-state index < -0.39 is 26.0 Å². The first kappa shape index (κ1) is 25.9. The van der Waals surface area contributed by atoms with Gasteiger partial charge in [-0.2, -0.15) is 9.41 Å². The minimum Gasteiger partial charge on any atom is -0.379 e. The summed E-state index contributed by atoms with van der Waals surface area (Å²) in [5.41, 5.74) is 3.26. The molecule has 1 aliphatic heterocycles. The molecule has 190 valence electrons. The number of carbonyl (C=O) groups excluding carboxylic acids is 1. The molecule has 0 bridgehead atoms. The number of anilines is 1. The van der Waals surface area contributed by atoms with Crippen molar-refractivity contribution in [3.8, 4) is 0 Å². The Morgan fingerprint density at radius 3 is 2.61 bits per heavy atom. The topological polar surface area (TPSA) is 147 Å². The Labute approximate surface area is 212 Å². The predicted octanol–water partition coefficient (Wildman–Crippen LogP) is 2.12. The van der Waals surface area contributed by atoms with E-state index in [1.807, 2.05) is 0 Å². The number of aromatic nitrogens is 1. The van der Waals surface area contributed by atoms with Gasteiger partial charge in [-0.25, -0.2) is 22.3 Å². The van der Waals surface area contributed by atoms with Crippen LogP contribution in [0.5, 0.6) is 0 Å². The van der Waals surface area contributed by atoms with Crippen molar-refractivity contribution >= 4 is 48.7 Å². The van der Waals surface area contributed by atoms with Gasteiger partial charge in [0, 0.05) is 19.3 Å². The van der Waals surface area contributed by atoms with Crippen molar-refractivity contribution in [2.45, 2.75) is 16.0 Å². The number of pyridine rings is 1. The van der Waals surface area contributed by atoms with Crippen LogP contribution < -0.4 is 10.1 Å². The first-order valence-electron chi connectivity index (χ1n) is 10.7. The number of nitrogens with one attached hydrogen (secondary N) is 2. The highest BCUT2D eigenvalue weighted by atomic mass is 32.2. The van der Waals surface area contributed by atoms with Crippen molar-refractivity contribution in [1.29, 1.82) is 0 Å². The standard InChI is InChI=1S/C22H23N5O6S3/c1-16(17-4-2-5-18(14-17)36(31,32)27-9-11-33-12-10-27)24-25-22(28)19-7-8-23-15-20(19)26-35(29,30)21-6-3-13-34-21/h2-8,13-15,26H,9-12H2,1H3,(H,25,28)/b24-16+. The summed E-state index contributed by atoms with van der Waals surface area (Å²) in [7, 11) is -7.58. The molecular formula is C22H23N5O6S3. The van der Waals surface area contributed by atoms with Crippen LogP contribution in [0.25, 0.3) is 0 Å². The molecule has 3 heterocycles. The summed E-state index contributed by atoms with van der Waals surface area (Å²) in [6.45, 7) is 2.85. The van der Waals surface area contributed by atoms with Crippen LogP contribution in [0.1, 0.15) is 22.8 Å². The molecule has 0 aliphatic carbocycles. The van der Waals surface area contributed by atoms with E-state index in [4.69, 9.17) is 4.74 Å². The van der Waals surface area contributed by atoms with Gasteiger partial charge in [-0.05, 0) is 42.1 Å². The number of hydrogen-bond donors (Lipinski definition) is 2. The average Bonchev–Trinajstić information content (AvgIpc) is 3.44. The second-order valence-electron chi connectivity index (χ2n) is 7.64. The van der Waals surface area contributed by atoms with Crippen LogP contribution in [0.3, 0.4) is 0 Å². The monoisotopic (exact) mass is 549 g/mol. The molecule has 36 heavy (non-hydrogen) atoms. The molecular weight excluding hydrogens is 526 g/mol. The second kappa shape index (κ2) is 10.8. The van der Waals surface area contributed by atoms with Gasteiger partial charge in [0.25, 0.3) is 15.9 Å². The van der Waals surface area contributed by atoms with Crippen molar-refractivity contribution in [3.63, 3.8) is 0 Å². The van der Waals surface area contributed by atoms with Crippen LogP contribution in [-0.2, 0) is 24.8 Å². The maximum Gasteiger partial charge on any atom is 0.273 e. The van der Waals surface area contributed by atoms with Crippen LogP contribution in [0, 0.1) is 0 Å². The summed E-state index contributed by atoms with van der Waals surface area (Å²) >= 11 is 1.04. The van der Waals surface area contributed by atoms with Gasteiger partial charge in [-0.3, -0.25) is 14.5 Å².